The molecule has 2 aromatic carbocycles. The lowest BCUT2D eigenvalue weighted by Crippen LogP contribution is -2.39. The molecule has 0 saturated carbocycles. The summed E-state index contributed by atoms with van der Waals surface area (Å²) in [6.45, 7) is 2.85. The highest BCUT2D eigenvalue weighted by Crippen LogP contribution is 2.37. The fourth-order valence-corrected chi connectivity index (χ4v) is 4.04. The lowest BCUT2D eigenvalue weighted by molar-refractivity contribution is -0.130. The van der Waals surface area contributed by atoms with Crippen molar-refractivity contribution in [3.05, 3.63) is 82.8 Å². The van der Waals surface area contributed by atoms with Gasteiger partial charge >= 0.3 is 0 Å². The minimum Gasteiger partial charge on any atom is -0.484 e. The third-order valence-electron chi connectivity index (χ3n) is 5.65. The van der Waals surface area contributed by atoms with Crippen molar-refractivity contribution >= 4 is 11.8 Å². The van der Waals surface area contributed by atoms with E-state index in [1.165, 1.54) is 25.3 Å². The quantitative estimate of drug-likeness (QED) is 0.511. The van der Waals surface area contributed by atoms with Crippen molar-refractivity contribution in [2.45, 2.75) is 26.0 Å². The summed E-state index contributed by atoms with van der Waals surface area (Å²) in [5.74, 6) is 0.00778. The number of benzene rings is 2. The molecule has 0 fully saturated rings. The standard InChI is InChI=1S/C25H26FN3O5/c1-16(30)29-10-8-17-6-7-20(13-21(17)24(29)18-4-3-5-19(26)12-18)33-15-23-28-22(14-34-23)25(31)27-9-11-32-2/h3-7,12-14,24H,8-11,15H2,1-2H3,(H,27,31). The number of nitrogens with one attached hydrogen (secondary N) is 1. The van der Waals surface area contributed by atoms with Crippen LogP contribution in [-0.4, -0.2) is 48.5 Å². The number of carbonyl (C=O) groups is 2. The van der Waals surface area contributed by atoms with Crippen molar-refractivity contribution < 1.29 is 27.9 Å². The number of ether oxygens (including phenoxy) is 2. The SMILES string of the molecule is COCCNC(=O)c1coc(COc2ccc3c(c2)C(c2cccc(F)c2)N(C(C)=O)CC3)n1. The number of carbonyl (C=O) groups excluding carboxylic acids is 2. The zero-order chi connectivity index (χ0) is 24.1. The van der Waals surface area contributed by atoms with Crippen LogP contribution in [0.15, 0.2) is 53.1 Å². The molecule has 0 radical (unpaired) electrons. The summed E-state index contributed by atoms with van der Waals surface area (Å²) in [5, 5.41) is 2.67. The van der Waals surface area contributed by atoms with E-state index in [-0.39, 0.29) is 35.8 Å². The highest BCUT2D eigenvalue weighted by atomic mass is 19.1. The molecule has 0 bridgehead atoms. The van der Waals surface area contributed by atoms with E-state index in [2.05, 4.69) is 10.3 Å². The Labute approximate surface area is 196 Å². The van der Waals surface area contributed by atoms with Gasteiger partial charge in [0.25, 0.3) is 5.91 Å². The summed E-state index contributed by atoms with van der Waals surface area (Å²) < 4.78 is 30.1. The van der Waals surface area contributed by atoms with Crippen LogP contribution in [0, 0.1) is 5.82 Å². The van der Waals surface area contributed by atoms with E-state index in [9.17, 15) is 14.0 Å². The lowest BCUT2D eigenvalue weighted by atomic mass is 9.88. The average Bonchev–Trinajstić information content (AvgIpc) is 3.31. The van der Waals surface area contributed by atoms with Gasteiger partial charge in [0.05, 0.1) is 12.6 Å². The van der Waals surface area contributed by atoms with Crippen LogP contribution in [0.3, 0.4) is 0 Å². The molecule has 3 aromatic rings. The second-order valence-electron chi connectivity index (χ2n) is 7.94. The van der Waals surface area contributed by atoms with Crippen molar-refractivity contribution in [1.29, 1.82) is 0 Å². The molecule has 1 aromatic heterocycles. The van der Waals surface area contributed by atoms with E-state index >= 15 is 0 Å². The van der Waals surface area contributed by atoms with E-state index in [1.54, 1.807) is 18.1 Å². The molecule has 8 nitrogen and oxygen atoms in total. The van der Waals surface area contributed by atoms with Crippen LogP contribution in [0.5, 0.6) is 5.75 Å². The fraction of sp³-hybridized carbons (Fsp3) is 0.320. The number of rotatable bonds is 8. The van der Waals surface area contributed by atoms with Crippen LogP contribution in [0.2, 0.25) is 0 Å². The minimum absolute atomic E-state index is 0.0190. The zero-order valence-corrected chi connectivity index (χ0v) is 19.0. The summed E-state index contributed by atoms with van der Waals surface area (Å²) in [6, 6.07) is 11.5. The lowest BCUT2D eigenvalue weighted by Gasteiger charge is -2.37. The van der Waals surface area contributed by atoms with Gasteiger partial charge in [-0.25, -0.2) is 9.37 Å². The number of oxazole rings is 1. The maximum atomic E-state index is 14.0. The molecule has 1 unspecified atom stereocenters. The van der Waals surface area contributed by atoms with Gasteiger partial charge in [-0.15, -0.1) is 0 Å². The monoisotopic (exact) mass is 467 g/mol. The van der Waals surface area contributed by atoms with Gasteiger partial charge in [-0.1, -0.05) is 18.2 Å². The molecule has 34 heavy (non-hydrogen) atoms. The number of hydrogen-bond acceptors (Lipinski definition) is 6. The van der Waals surface area contributed by atoms with Crippen LogP contribution < -0.4 is 10.1 Å². The van der Waals surface area contributed by atoms with Crippen LogP contribution in [0.25, 0.3) is 0 Å². The van der Waals surface area contributed by atoms with Gasteiger partial charge in [-0.05, 0) is 47.4 Å². The molecular formula is C25H26FN3O5. The van der Waals surface area contributed by atoms with Gasteiger partial charge in [0.15, 0.2) is 12.3 Å². The maximum absolute atomic E-state index is 14.0. The third-order valence-corrected chi connectivity index (χ3v) is 5.65. The first-order chi connectivity index (χ1) is 16.5. The number of halogens is 1. The normalized spacial score (nSPS) is 15.0. The summed E-state index contributed by atoms with van der Waals surface area (Å²) in [4.78, 5) is 30.3. The number of nitrogens with zero attached hydrogens (tertiary/aromatic N) is 2. The molecule has 1 atom stereocenters. The van der Waals surface area contributed by atoms with Crippen LogP contribution in [0.4, 0.5) is 4.39 Å². The largest absolute Gasteiger partial charge is 0.484 e. The fourth-order valence-electron chi connectivity index (χ4n) is 4.04. The van der Waals surface area contributed by atoms with Gasteiger partial charge in [0, 0.05) is 27.1 Å². The highest BCUT2D eigenvalue weighted by molar-refractivity contribution is 5.91. The first-order valence-electron chi connectivity index (χ1n) is 11.0. The van der Waals surface area contributed by atoms with Gasteiger partial charge in [0.2, 0.25) is 11.8 Å². The zero-order valence-electron chi connectivity index (χ0n) is 19.0. The Hall–Kier alpha value is -3.72. The Bertz CT molecular complexity index is 1180. The molecule has 9 heteroatoms. The van der Waals surface area contributed by atoms with Crippen molar-refractivity contribution in [1.82, 2.24) is 15.2 Å². The molecule has 2 amide bonds. The molecule has 4 rings (SSSR count). The number of fused-ring (bicyclic) bond motifs is 1. The van der Waals surface area contributed by atoms with E-state index in [1.807, 2.05) is 24.3 Å². The maximum Gasteiger partial charge on any atom is 0.273 e. The van der Waals surface area contributed by atoms with Crippen LogP contribution >= 0.6 is 0 Å². The Balaban J connectivity index is 1.52. The molecule has 1 aliphatic heterocycles. The third kappa shape index (κ3) is 5.26. The Kier molecular flexibility index (Phi) is 7.22. The van der Waals surface area contributed by atoms with Gasteiger partial charge in [-0.2, -0.15) is 0 Å². The first-order valence-corrected chi connectivity index (χ1v) is 11.0. The smallest absolute Gasteiger partial charge is 0.273 e. The molecule has 1 N–H and O–H groups in total. The number of amides is 2. The second-order valence-corrected chi connectivity index (χ2v) is 7.94. The summed E-state index contributed by atoms with van der Waals surface area (Å²) in [5.41, 5.74) is 2.81. The highest BCUT2D eigenvalue weighted by Gasteiger charge is 2.31. The predicted molar refractivity (Wildman–Crippen MR) is 121 cm³/mol. The summed E-state index contributed by atoms with van der Waals surface area (Å²) in [6.07, 6.45) is 1.97. The van der Waals surface area contributed by atoms with E-state index < -0.39 is 6.04 Å². The van der Waals surface area contributed by atoms with Crippen molar-refractivity contribution in [3.8, 4) is 5.75 Å². The van der Waals surface area contributed by atoms with E-state index in [0.29, 0.717) is 37.4 Å². The molecule has 2 heterocycles. The molecular weight excluding hydrogens is 441 g/mol. The Morgan fingerprint density at radius 2 is 2.12 bits per heavy atom. The number of hydrogen-bond donors (Lipinski definition) is 1. The molecule has 0 spiro atoms. The summed E-state index contributed by atoms with van der Waals surface area (Å²) >= 11 is 0. The molecule has 0 aliphatic carbocycles. The van der Waals surface area contributed by atoms with E-state index in [4.69, 9.17) is 13.9 Å². The first kappa shape index (κ1) is 23.4. The Morgan fingerprint density at radius 1 is 1.26 bits per heavy atom. The van der Waals surface area contributed by atoms with Crippen LogP contribution in [0.1, 0.15) is 46.0 Å². The van der Waals surface area contributed by atoms with Crippen molar-refractivity contribution in [3.63, 3.8) is 0 Å². The number of methoxy groups -OCH3 is 1. The van der Waals surface area contributed by atoms with Crippen molar-refractivity contribution in [2.24, 2.45) is 0 Å². The van der Waals surface area contributed by atoms with Gasteiger partial charge in [-0.3, -0.25) is 9.59 Å². The second kappa shape index (κ2) is 10.5. The predicted octanol–water partition coefficient (Wildman–Crippen LogP) is 3.26. The Morgan fingerprint density at radius 3 is 2.88 bits per heavy atom. The molecule has 178 valence electrons. The van der Waals surface area contributed by atoms with Gasteiger partial charge in [0.1, 0.15) is 17.8 Å². The molecule has 1 aliphatic rings. The van der Waals surface area contributed by atoms with Gasteiger partial charge < -0.3 is 24.1 Å². The average molecular weight is 467 g/mol. The van der Waals surface area contributed by atoms with E-state index in [0.717, 1.165) is 11.1 Å². The molecule has 0 saturated heterocycles. The summed E-state index contributed by atoms with van der Waals surface area (Å²) in [7, 11) is 1.55. The minimum atomic E-state index is -0.412. The van der Waals surface area contributed by atoms with Crippen molar-refractivity contribution in [2.75, 3.05) is 26.8 Å². The van der Waals surface area contributed by atoms with Crippen LogP contribution in [-0.2, 0) is 22.6 Å². The topological polar surface area (TPSA) is 93.9 Å². The number of aromatic nitrogens is 1.